The first-order valence-electron chi connectivity index (χ1n) is 6.00. The maximum Gasteiger partial charge on any atom is 0.303 e. The summed E-state index contributed by atoms with van der Waals surface area (Å²) in [6, 6.07) is 2.42. The summed E-state index contributed by atoms with van der Waals surface area (Å²) in [5.74, 6) is -0.576. The van der Waals surface area contributed by atoms with Gasteiger partial charge in [-0.05, 0) is 25.3 Å². The number of aliphatic carboxylic acids is 1. The fraction of sp³-hybridized carbons (Fsp3) is 0.417. The zero-order chi connectivity index (χ0) is 16.0. The Morgan fingerprint density at radius 3 is 2.38 bits per heavy atom. The molecule has 0 aliphatic carbocycles. The Morgan fingerprint density at radius 2 is 1.81 bits per heavy atom. The predicted octanol–water partition coefficient (Wildman–Crippen LogP) is 3.94. The number of benzene rings is 1. The van der Waals surface area contributed by atoms with Crippen molar-refractivity contribution in [2.75, 3.05) is 6.61 Å². The first kappa shape index (κ1) is 18.4. The van der Waals surface area contributed by atoms with Crippen LogP contribution in [0.1, 0.15) is 25.7 Å². The number of ether oxygens (including phenoxy) is 1. The second-order valence-corrected chi connectivity index (χ2v) is 7.55. The quantitative estimate of drug-likeness (QED) is 0.550. The van der Waals surface area contributed by atoms with Crippen molar-refractivity contribution in [1.29, 1.82) is 0 Å². The van der Waals surface area contributed by atoms with E-state index in [2.05, 4.69) is 0 Å². The van der Waals surface area contributed by atoms with Gasteiger partial charge in [0.15, 0.2) is 0 Å². The highest BCUT2D eigenvalue weighted by atomic mass is 35.7. The predicted molar refractivity (Wildman–Crippen MR) is 81.1 cm³/mol. The first-order valence-corrected chi connectivity index (χ1v) is 9.06. The van der Waals surface area contributed by atoms with E-state index < -0.39 is 15.0 Å². The molecule has 1 N–H and O–H groups in total. The lowest BCUT2D eigenvalue weighted by Gasteiger charge is -2.10. The molecular formula is C12H13Cl3O5S. The molecule has 21 heavy (non-hydrogen) atoms. The van der Waals surface area contributed by atoms with Crippen molar-refractivity contribution in [2.24, 2.45) is 0 Å². The van der Waals surface area contributed by atoms with Crippen molar-refractivity contribution in [3.8, 4) is 5.75 Å². The van der Waals surface area contributed by atoms with Crippen molar-refractivity contribution in [2.45, 2.75) is 30.6 Å². The van der Waals surface area contributed by atoms with Gasteiger partial charge in [-0.1, -0.05) is 23.2 Å². The second-order valence-electron chi connectivity index (χ2n) is 4.20. The first-order chi connectivity index (χ1) is 9.71. The highest BCUT2D eigenvalue weighted by Crippen LogP contribution is 2.35. The Labute approximate surface area is 137 Å². The molecule has 0 aliphatic rings. The molecule has 0 fully saturated rings. The summed E-state index contributed by atoms with van der Waals surface area (Å²) in [7, 11) is 1.25. The number of hydrogen-bond donors (Lipinski definition) is 1. The molecule has 0 saturated carbocycles. The SMILES string of the molecule is O=C(O)CCCCCOc1cc(Cl)c(S(=O)(=O)Cl)cc1Cl. The molecule has 0 saturated heterocycles. The maximum absolute atomic E-state index is 11.2. The van der Waals surface area contributed by atoms with E-state index in [4.69, 9.17) is 43.7 Å². The van der Waals surface area contributed by atoms with E-state index in [1.54, 1.807) is 0 Å². The summed E-state index contributed by atoms with van der Waals surface area (Å²) < 4.78 is 27.9. The van der Waals surface area contributed by atoms with E-state index in [0.29, 0.717) is 25.9 Å². The third-order valence-corrected chi connectivity index (χ3v) is 4.62. The van der Waals surface area contributed by atoms with E-state index in [1.165, 1.54) is 6.07 Å². The topological polar surface area (TPSA) is 80.7 Å². The van der Waals surface area contributed by atoms with Crippen LogP contribution < -0.4 is 4.74 Å². The summed E-state index contributed by atoms with van der Waals surface area (Å²) in [6.45, 7) is 0.322. The molecule has 1 aromatic carbocycles. The van der Waals surface area contributed by atoms with Gasteiger partial charge in [-0.2, -0.15) is 0 Å². The fourth-order valence-corrected chi connectivity index (χ4v) is 3.34. The van der Waals surface area contributed by atoms with E-state index >= 15 is 0 Å². The number of carboxylic acids is 1. The standard InChI is InChI=1S/C12H13Cl3O5S/c13-8-7-11(21(15,18)19)9(14)6-10(8)20-5-3-1-2-4-12(16)17/h6-7H,1-5H2,(H,16,17). The average Bonchev–Trinajstić information content (AvgIpc) is 2.35. The minimum atomic E-state index is -3.97. The van der Waals surface area contributed by atoms with Gasteiger partial charge in [-0.15, -0.1) is 0 Å². The highest BCUT2D eigenvalue weighted by molar-refractivity contribution is 8.13. The third-order valence-electron chi connectivity index (χ3n) is 2.54. The van der Waals surface area contributed by atoms with Crippen molar-refractivity contribution in [3.63, 3.8) is 0 Å². The average molecular weight is 376 g/mol. The molecule has 118 valence electrons. The van der Waals surface area contributed by atoms with Crippen LogP contribution >= 0.6 is 33.9 Å². The van der Waals surface area contributed by atoms with Crippen molar-refractivity contribution in [3.05, 3.63) is 22.2 Å². The maximum atomic E-state index is 11.2. The zero-order valence-corrected chi connectivity index (χ0v) is 13.9. The van der Waals surface area contributed by atoms with Crippen LogP contribution in [0.3, 0.4) is 0 Å². The number of carboxylic acid groups (broad SMARTS) is 1. The summed E-state index contributed by atoms with van der Waals surface area (Å²) in [5.41, 5.74) is 0. The Hall–Kier alpha value is -0.690. The van der Waals surface area contributed by atoms with Crippen LogP contribution in [-0.2, 0) is 13.8 Å². The fourth-order valence-electron chi connectivity index (χ4n) is 1.54. The molecule has 1 rings (SSSR count). The molecule has 0 heterocycles. The van der Waals surface area contributed by atoms with Crippen molar-refractivity contribution < 1.29 is 23.1 Å². The summed E-state index contributed by atoms with van der Waals surface area (Å²) >= 11 is 11.7. The van der Waals surface area contributed by atoms with Gasteiger partial charge in [-0.25, -0.2) is 8.42 Å². The number of halogens is 3. The third kappa shape index (κ3) is 6.30. The number of rotatable bonds is 8. The van der Waals surface area contributed by atoms with Crippen LogP contribution in [0.25, 0.3) is 0 Å². The molecule has 0 atom stereocenters. The molecule has 0 bridgehead atoms. The van der Waals surface area contributed by atoms with Crippen LogP contribution in [-0.4, -0.2) is 26.1 Å². The van der Waals surface area contributed by atoms with Crippen LogP contribution in [0.15, 0.2) is 17.0 Å². The monoisotopic (exact) mass is 374 g/mol. The highest BCUT2D eigenvalue weighted by Gasteiger charge is 2.18. The molecule has 0 aliphatic heterocycles. The van der Waals surface area contributed by atoms with Crippen LogP contribution in [0.5, 0.6) is 5.75 Å². The molecule has 5 nitrogen and oxygen atoms in total. The molecular weight excluding hydrogens is 363 g/mol. The molecule has 0 aromatic heterocycles. The summed E-state index contributed by atoms with van der Waals surface area (Å²) in [4.78, 5) is 10.1. The summed E-state index contributed by atoms with van der Waals surface area (Å²) in [6.07, 6.45) is 2.04. The zero-order valence-electron chi connectivity index (χ0n) is 10.8. The van der Waals surface area contributed by atoms with Gasteiger partial charge in [0, 0.05) is 23.2 Å². The molecule has 0 radical (unpaired) electrons. The van der Waals surface area contributed by atoms with Crippen LogP contribution in [0, 0.1) is 0 Å². The number of unbranched alkanes of at least 4 members (excludes halogenated alkanes) is 2. The van der Waals surface area contributed by atoms with Crippen LogP contribution in [0.2, 0.25) is 10.0 Å². The molecule has 1 aromatic rings. The Bertz CT molecular complexity index is 616. The summed E-state index contributed by atoms with van der Waals surface area (Å²) in [5, 5.41) is 8.50. The van der Waals surface area contributed by atoms with Gasteiger partial charge in [0.1, 0.15) is 10.6 Å². The smallest absolute Gasteiger partial charge is 0.303 e. The van der Waals surface area contributed by atoms with Crippen molar-refractivity contribution in [1.82, 2.24) is 0 Å². The number of hydrogen-bond acceptors (Lipinski definition) is 4. The molecule has 9 heteroatoms. The second kappa shape index (κ2) is 8.08. The van der Waals surface area contributed by atoms with E-state index in [-0.39, 0.29) is 27.1 Å². The Morgan fingerprint density at radius 1 is 1.14 bits per heavy atom. The van der Waals surface area contributed by atoms with Gasteiger partial charge in [0.2, 0.25) is 0 Å². The Kier molecular flexibility index (Phi) is 7.06. The van der Waals surface area contributed by atoms with Gasteiger partial charge in [0.25, 0.3) is 9.05 Å². The van der Waals surface area contributed by atoms with Gasteiger partial charge in [0.05, 0.1) is 16.7 Å². The normalized spacial score (nSPS) is 11.4. The lowest BCUT2D eigenvalue weighted by molar-refractivity contribution is -0.137. The van der Waals surface area contributed by atoms with E-state index in [9.17, 15) is 13.2 Å². The minimum Gasteiger partial charge on any atom is -0.492 e. The molecule has 0 amide bonds. The lowest BCUT2D eigenvalue weighted by atomic mass is 10.2. The molecule has 0 unspecified atom stereocenters. The number of carbonyl (C=O) groups is 1. The van der Waals surface area contributed by atoms with E-state index in [1.807, 2.05) is 0 Å². The largest absolute Gasteiger partial charge is 0.492 e. The molecule has 0 spiro atoms. The lowest BCUT2D eigenvalue weighted by Crippen LogP contribution is -2.01. The Balaban J connectivity index is 2.57. The van der Waals surface area contributed by atoms with Crippen LogP contribution in [0.4, 0.5) is 0 Å². The van der Waals surface area contributed by atoms with Crippen molar-refractivity contribution >= 4 is 48.9 Å². The van der Waals surface area contributed by atoms with Gasteiger partial charge < -0.3 is 9.84 Å². The van der Waals surface area contributed by atoms with Gasteiger partial charge >= 0.3 is 5.97 Å². The minimum absolute atomic E-state index is 0.0738. The van der Waals surface area contributed by atoms with E-state index in [0.717, 1.165) is 6.07 Å². The van der Waals surface area contributed by atoms with Gasteiger partial charge in [-0.3, -0.25) is 4.79 Å².